The van der Waals surface area contributed by atoms with Crippen molar-refractivity contribution in [1.82, 2.24) is 0 Å². The van der Waals surface area contributed by atoms with Gasteiger partial charge in [-0.05, 0) is 37.5 Å². The zero-order valence-electron chi connectivity index (χ0n) is 12.1. The third kappa shape index (κ3) is 5.27. The molecule has 100 valence electrons. The highest BCUT2D eigenvalue weighted by atomic mass is 14.3. The zero-order valence-corrected chi connectivity index (χ0v) is 12.1. The third-order valence-electron chi connectivity index (χ3n) is 4.26. The molecule has 2 aliphatic rings. The summed E-state index contributed by atoms with van der Waals surface area (Å²) in [4.78, 5) is 0. The molecule has 2 rings (SSSR count). The maximum atomic E-state index is 4.40. The molecular weight excluding hydrogens is 204 g/mol. The first-order chi connectivity index (χ1) is 8.29. The van der Waals surface area contributed by atoms with E-state index >= 15 is 0 Å². The molecule has 2 fully saturated rings. The smallest absolute Gasteiger partial charge is 0.0203 e. The molecule has 0 radical (unpaired) electrons. The van der Waals surface area contributed by atoms with Gasteiger partial charge in [-0.1, -0.05) is 70.9 Å². The Morgan fingerprint density at radius 3 is 1.35 bits per heavy atom. The van der Waals surface area contributed by atoms with Crippen molar-refractivity contribution in [2.75, 3.05) is 0 Å². The van der Waals surface area contributed by atoms with Crippen molar-refractivity contribution in [3.8, 4) is 0 Å². The van der Waals surface area contributed by atoms with Crippen molar-refractivity contribution in [1.29, 1.82) is 0 Å². The van der Waals surface area contributed by atoms with Gasteiger partial charge in [0.15, 0.2) is 0 Å². The van der Waals surface area contributed by atoms with Crippen molar-refractivity contribution in [2.45, 2.75) is 84.5 Å². The van der Waals surface area contributed by atoms with Crippen LogP contribution in [0, 0.1) is 11.8 Å². The van der Waals surface area contributed by atoms with Crippen LogP contribution in [0.1, 0.15) is 84.5 Å². The Balaban J connectivity index is 0.000000437. The summed E-state index contributed by atoms with van der Waals surface area (Å²) in [6, 6.07) is 0. The molecule has 0 spiro atoms. The molecule has 0 heteroatoms. The van der Waals surface area contributed by atoms with Crippen LogP contribution in [0.15, 0.2) is 12.2 Å². The highest BCUT2D eigenvalue weighted by molar-refractivity contribution is 5.07. The van der Waals surface area contributed by atoms with Crippen molar-refractivity contribution >= 4 is 0 Å². The van der Waals surface area contributed by atoms with Crippen LogP contribution in [0.4, 0.5) is 0 Å². The minimum absolute atomic E-state index is 0.895. The summed E-state index contributed by atoms with van der Waals surface area (Å²) in [7, 11) is 0. The normalized spacial score (nSPS) is 22.7. The molecule has 0 atom stereocenters. The largest absolute Gasteiger partial charge is 0.0993 e. The van der Waals surface area contributed by atoms with E-state index in [0.717, 1.165) is 11.8 Å². The minimum Gasteiger partial charge on any atom is -0.0993 e. The summed E-state index contributed by atoms with van der Waals surface area (Å²) in [5.41, 5.74) is 1.63. The molecule has 0 unspecified atom stereocenters. The fourth-order valence-electron chi connectivity index (χ4n) is 3.28. The standard InChI is InChI=1S/C14H24.C3H8/c1-12(13-8-4-2-5-9-13)14-10-6-3-7-11-14;1-3-2/h13-14H,1-11H2;3H2,1-2H3. The topological polar surface area (TPSA) is 0 Å². The summed E-state index contributed by atoms with van der Waals surface area (Å²) in [6.45, 7) is 8.65. The first-order valence-electron chi connectivity index (χ1n) is 7.98. The summed E-state index contributed by atoms with van der Waals surface area (Å²) in [6.07, 6.45) is 15.8. The van der Waals surface area contributed by atoms with Crippen LogP contribution in [0.2, 0.25) is 0 Å². The quantitative estimate of drug-likeness (QED) is 0.507. The van der Waals surface area contributed by atoms with Gasteiger partial charge in [-0.2, -0.15) is 0 Å². The van der Waals surface area contributed by atoms with Gasteiger partial charge in [-0.25, -0.2) is 0 Å². The molecular formula is C17H32. The van der Waals surface area contributed by atoms with E-state index in [0.29, 0.717) is 0 Å². The second kappa shape index (κ2) is 8.78. The van der Waals surface area contributed by atoms with Gasteiger partial charge in [0.1, 0.15) is 0 Å². The summed E-state index contributed by atoms with van der Waals surface area (Å²) < 4.78 is 0. The van der Waals surface area contributed by atoms with Gasteiger partial charge in [-0.15, -0.1) is 0 Å². The van der Waals surface area contributed by atoms with Gasteiger partial charge in [0, 0.05) is 0 Å². The Kier molecular flexibility index (Phi) is 7.64. The van der Waals surface area contributed by atoms with E-state index in [1.165, 1.54) is 70.6 Å². The second-order valence-electron chi connectivity index (χ2n) is 5.95. The van der Waals surface area contributed by atoms with Crippen molar-refractivity contribution < 1.29 is 0 Å². The van der Waals surface area contributed by atoms with Gasteiger partial charge >= 0.3 is 0 Å². The average Bonchev–Trinajstić information content (AvgIpc) is 2.41. The Morgan fingerprint density at radius 2 is 1.06 bits per heavy atom. The molecule has 0 aromatic heterocycles. The Bertz CT molecular complexity index is 172. The molecule has 2 saturated carbocycles. The van der Waals surface area contributed by atoms with Crippen LogP contribution in [0.25, 0.3) is 0 Å². The van der Waals surface area contributed by atoms with Crippen LogP contribution in [-0.2, 0) is 0 Å². The Labute approximate surface area is 109 Å². The second-order valence-corrected chi connectivity index (χ2v) is 5.95. The van der Waals surface area contributed by atoms with E-state index in [-0.39, 0.29) is 0 Å². The van der Waals surface area contributed by atoms with E-state index in [2.05, 4.69) is 20.4 Å². The van der Waals surface area contributed by atoms with Gasteiger partial charge in [0.05, 0.1) is 0 Å². The molecule has 0 aliphatic heterocycles. The summed E-state index contributed by atoms with van der Waals surface area (Å²) in [5.74, 6) is 1.79. The first-order valence-corrected chi connectivity index (χ1v) is 7.98. The number of hydrogen-bond donors (Lipinski definition) is 0. The molecule has 0 heterocycles. The highest BCUT2D eigenvalue weighted by Gasteiger charge is 2.23. The molecule has 0 amide bonds. The van der Waals surface area contributed by atoms with Gasteiger partial charge in [0.2, 0.25) is 0 Å². The molecule has 0 aromatic rings. The molecule has 0 N–H and O–H groups in total. The van der Waals surface area contributed by atoms with E-state index in [1.54, 1.807) is 5.57 Å². The van der Waals surface area contributed by atoms with E-state index < -0.39 is 0 Å². The minimum atomic E-state index is 0.895. The summed E-state index contributed by atoms with van der Waals surface area (Å²) in [5, 5.41) is 0. The van der Waals surface area contributed by atoms with Crippen molar-refractivity contribution in [2.24, 2.45) is 11.8 Å². The van der Waals surface area contributed by atoms with Crippen LogP contribution in [0.5, 0.6) is 0 Å². The fourth-order valence-corrected chi connectivity index (χ4v) is 3.28. The lowest BCUT2D eigenvalue weighted by Gasteiger charge is -2.31. The maximum absolute atomic E-state index is 4.40. The molecule has 0 bridgehead atoms. The monoisotopic (exact) mass is 236 g/mol. The van der Waals surface area contributed by atoms with Crippen molar-refractivity contribution in [3.05, 3.63) is 12.2 Å². The third-order valence-corrected chi connectivity index (χ3v) is 4.26. The van der Waals surface area contributed by atoms with Crippen LogP contribution >= 0.6 is 0 Å². The molecule has 0 nitrogen and oxygen atoms in total. The lowest BCUT2D eigenvalue weighted by molar-refractivity contribution is 0.327. The highest BCUT2D eigenvalue weighted by Crippen LogP contribution is 2.38. The van der Waals surface area contributed by atoms with E-state index in [4.69, 9.17) is 0 Å². The number of rotatable bonds is 2. The number of hydrogen-bond acceptors (Lipinski definition) is 0. The zero-order chi connectivity index (χ0) is 12.5. The SMILES string of the molecule is C=C(C1CCCCC1)C1CCCCC1.CCC. The molecule has 17 heavy (non-hydrogen) atoms. The van der Waals surface area contributed by atoms with Crippen LogP contribution in [0.3, 0.4) is 0 Å². The lowest BCUT2D eigenvalue weighted by atomic mass is 9.74. The number of allylic oxidation sites excluding steroid dienone is 1. The predicted octanol–water partition coefficient (Wildman–Crippen LogP) is 6.12. The fraction of sp³-hybridized carbons (Fsp3) is 0.882. The molecule has 0 saturated heterocycles. The lowest BCUT2D eigenvalue weighted by Crippen LogP contribution is -2.17. The molecule has 0 aromatic carbocycles. The van der Waals surface area contributed by atoms with Gasteiger partial charge in [-0.3, -0.25) is 0 Å². The van der Waals surface area contributed by atoms with Crippen LogP contribution in [-0.4, -0.2) is 0 Å². The average molecular weight is 236 g/mol. The van der Waals surface area contributed by atoms with Crippen molar-refractivity contribution in [3.63, 3.8) is 0 Å². The van der Waals surface area contributed by atoms with E-state index in [1.807, 2.05) is 0 Å². The maximum Gasteiger partial charge on any atom is -0.0203 e. The van der Waals surface area contributed by atoms with Gasteiger partial charge in [0.25, 0.3) is 0 Å². The van der Waals surface area contributed by atoms with Gasteiger partial charge < -0.3 is 0 Å². The van der Waals surface area contributed by atoms with Crippen LogP contribution < -0.4 is 0 Å². The Hall–Kier alpha value is -0.260. The summed E-state index contributed by atoms with van der Waals surface area (Å²) >= 11 is 0. The Morgan fingerprint density at radius 1 is 0.765 bits per heavy atom. The predicted molar refractivity (Wildman–Crippen MR) is 78.3 cm³/mol. The first kappa shape index (κ1) is 14.8. The van der Waals surface area contributed by atoms with E-state index in [9.17, 15) is 0 Å². The molecule has 2 aliphatic carbocycles.